The second kappa shape index (κ2) is 6.49. The monoisotopic (exact) mass is 316 g/mol. The summed E-state index contributed by atoms with van der Waals surface area (Å²) in [5, 5.41) is 11.5. The first-order valence-corrected chi connectivity index (χ1v) is 8.74. The van der Waals surface area contributed by atoms with Gasteiger partial charge in [-0.25, -0.2) is 4.98 Å². The van der Waals surface area contributed by atoms with Crippen molar-refractivity contribution in [2.75, 3.05) is 6.54 Å². The van der Waals surface area contributed by atoms with Gasteiger partial charge in [-0.15, -0.1) is 11.3 Å². The van der Waals surface area contributed by atoms with Crippen LogP contribution in [-0.2, 0) is 13.1 Å². The standard InChI is InChI=1S/C18H24N2OS/c1-18(2,21)13-20(11-14-6-4-3-5-7-14)12-16-10-19-17(22-16)15-8-9-15/h3-7,10,15,21H,8-9,11-13H2,1-2H3. The molecule has 0 saturated heterocycles. The van der Waals surface area contributed by atoms with Crippen LogP contribution in [0, 0.1) is 0 Å². The molecule has 2 aromatic rings. The first kappa shape index (κ1) is 15.7. The fourth-order valence-electron chi connectivity index (χ4n) is 2.69. The lowest BCUT2D eigenvalue weighted by molar-refractivity contribution is 0.0310. The molecule has 0 bridgehead atoms. The number of thiazole rings is 1. The maximum Gasteiger partial charge on any atom is 0.0959 e. The predicted octanol–water partition coefficient (Wildman–Crippen LogP) is 3.79. The fourth-order valence-corrected chi connectivity index (χ4v) is 3.82. The van der Waals surface area contributed by atoms with E-state index in [1.807, 2.05) is 37.4 Å². The predicted molar refractivity (Wildman–Crippen MR) is 90.9 cm³/mol. The zero-order valence-corrected chi connectivity index (χ0v) is 14.1. The van der Waals surface area contributed by atoms with Crippen molar-refractivity contribution in [3.05, 3.63) is 52.0 Å². The molecule has 1 aromatic heterocycles. The molecule has 0 radical (unpaired) electrons. The Bertz CT molecular complexity index is 599. The molecule has 1 aliphatic carbocycles. The summed E-state index contributed by atoms with van der Waals surface area (Å²) in [6, 6.07) is 10.4. The van der Waals surface area contributed by atoms with Gasteiger partial charge in [0.2, 0.25) is 0 Å². The van der Waals surface area contributed by atoms with E-state index in [1.165, 1.54) is 28.3 Å². The van der Waals surface area contributed by atoms with Crippen LogP contribution in [0.1, 0.15) is 48.1 Å². The smallest absolute Gasteiger partial charge is 0.0959 e. The number of hydrogen-bond donors (Lipinski definition) is 1. The highest BCUT2D eigenvalue weighted by Gasteiger charge is 2.27. The van der Waals surface area contributed by atoms with E-state index in [2.05, 4.69) is 34.1 Å². The van der Waals surface area contributed by atoms with Crippen molar-refractivity contribution in [1.82, 2.24) is 9.88 Å². The van der Waals surface area contributed by atoms with E-state index in [0.29, 0.717) is 6.54 Å². The molecule has 0 unspecified atom stereocenters. The molecule has 1 saturated carbocycles. The van der Waals surface area contributed by atoms with Gasteiger partial charge in [-0.05, 0) is 32.3 Å². The Balaban J connectivity index is 1.69. The average Bonchev–Trinajstić information content (AvgIpc) is 3.19. The number of nitrogens with zero attached hydrogens (tertiary/aromatic N) is 2. The SMILES string of the molecule is CC(C)(O)CN(Cc1ccccc1)Cc1cnc(C2CC2)s1. The minimum Gasteiger partial charge on any atom is -0.389 e. The first-order chi connectivity index (χ1) is 10.5. The Morgan fingerprint density at radius 3 is 2.59 bits per heavy atom. The van der Waals surface area contributed by atoms with Crippen LogP contribution < -0.4 is 0 Å². The molecule has 22 heavy (non-hydrogen) atoms. The van der Waals surface area contributed by atoms with Crippen molar-refractivity contribution in [1.29, 1.82) is 0 Å². The van der Waals surface area contributed by atoms with Crippen molar-refractivity contribution >= 4 is 11.3 Å². The van der Waals surface area contributed by atoms with Gasteiger partial charge < -0.3 is 5.11 Å². The van der Waals surface area contributed by atoms with Crippen LogP contribution in [0.25, 0.3) is 0 Å². The van der Waals surface area contributed by atoms with E-state index in [1.54, 1.807) is 0 Å². The molecule has 1 fully saturated rings. The summed E-state index contributed by atoms with van der Waals surface area (Å²) < 4.78 is 0. The van der Waals surface area contributed by atoms with E-state index in [-0.39, 0.29) is 0 Å². The zero-order chi connectivity index (χ0) is 15.6. The molecule has 0 amide bonds. The quantitative estimate of drug-likeness (QED) is 0.844. The molecule has 0 atom stereocenters. The Hall–Kier alpha value is -1.23. The largest absolute Gasteiger partial charge is 0.389 e. The molecule has 0 spiro atoms. The van der Waals surface area contributed by atoms with Crippen LogP contribution in [0.3, 0.4) is 0 Å². The Morgan fingerprint density at radius 1 is 1.23 bits per heavy atom. The van der Waals surface area contributed by atoms with Crippen molar-refractivity contribution in [3.63, 3.8) is 0 Å². The first-order valence-electron chi connectivity index (χ1n) is 7.93. The highest BCUT2D eigenvalue weighted by molar-refractivity contribution is 7.11. The maximum absolute atomic E-state index is 10.2. The van der Waals surface area contributed by atoms with Crippen LogP contribution in [-0.4, -0.2) is 27.1 Å². The van der Waals surface area contributed by atoms with Gasteiger partial charge in [0.1, 0.15) is 0 Å². The Labute approximate surface area is 136 Å². The van der Waals surface area contributed by atoms with Crippen molar-refractivity contribution in [2.24, 2.45) is 0 Å². The second-order valence-corrected chi connectivity index (χ2v) is 8.03. The van der Waals surface area contributed by atoms with Gasteiger partial charge in [-0.1, -0.05) is 30.3 Å². The molecule has 1 aliphatic rings. The zero-order valence-electron chi connectivity index (χ0n) is 13.3. The van der Waals surface area contributed by atoms with Crippen LogP contribution in [0.15, 0.2) is 36.5 Å². The summed E-state index contributed by atoms with van der Waals surface area (Å²) in [5.41, 5.74) is 0.581. The van der Waals surface area contributed by atoms with Crippen LogP contribution in [0.5, 0.6) is 0 Å². The third-order valence-corrected chi connectivity index (χ3v) is 4.88. The van der Waals surface area contributed by atoms with Crippen LogP contribution >= 0.6 is 11.3 Å². The van der Waals surface area contributed by atoms with Gasteiger partial charge in [0.25, 0.3) is 0 Å². The van der Waals surface area contributed by atoms with E-state index in [4.69, 9.17) is 0 Å². The summed E-state index contributed by atoms with van der Waals surface area (Å²) in [4.78, 5) is 8.16. The normalized spacial score (nSPS) is 15.5. The molecule has 1 heterocycles. The third-order valence-electron chi connectivity index (χ3n) is 3.74. The third kappa shape index (κ3) is 4.63. The van der Waals surface area contributed by atoms with E-state index < -0.39 is 5.60 Å². The fraction of sp³-hybridized carbons (Fsp3) is 0.500. The van der Waals surface area contributed by atoms with Crippen molar-refractivity contribution < 1.29 is 5.11 Å². The number of aliphatic hydroxyl groups is 1. The van der Waals surface area contributed by atoms with Gasteiger partial charge in [0.15, 0.2) is 0 Å². The topological polar surface area (TPSA) is 36.4 Å². The molecule has 4 heteroatoms. The van der Waals surface area contributed by atoms with E-state index in [0.717, 1.165) is 19.0 Å². The summed E-state index contributed by atoms with van der Waals surface area (Å²) >= 11 is 1.83. The molecular formula is C18H24N2OS. The minimum absolute atomic E-state index is 0.651. The summed E-state index contributed by atoms with van der Waals surface area (Å²) in [5.74, 6) is 0.718. The van der Waals surface area contributed by atoms with Crippen LogP contribution in [0.2, 0.25) is 0 Å². The lowest BCUT2D eigenvalue weighted by Crippen LogP contribution is -2.37. The molecule has 3 nitrogen and oxygen atoms in total. The number of rotatable bonds is 7. The van der Waals surface area contributed by atoms with E-state index >= 15 is 0 Å². The lowest BCUT2D eigenvalue weighted by atomic mass is 10.1. The average molecular weight is 316 g/mol. The molecule has 118 valence electrons. The summed E-state index contributed by atoms with van der Waals surface area (Å²) in [6.07, 6.45) is 4.61. The second-order valence-electron chi connectivity index (χ2n) is 6.88. The van der Waals surface area contributed by atoms with Gasteiger partial charge in [-0.2, -0.15) is 0 Å². The molecule has 0 aliphatic heterocycles. The van der Waals surface area contributed by atoms with Crippen molar-refractivity contribution in [2.45, 2.75) is 51.3 Å². The van der Waals surface area contributed by atoms with Gasteiger partial charge in [0.05, 0.1) is 10.6 Å². The Morgan fingerprint density at radius 2 is 1.95 bits per heavy atom. The van der Waals surface area contributed by atoms with E-state index in [9.17, 15) is 5.11 Å². The van der Waals surface area contributed by atoms with Gasteiger partial charge >= 0.3 is 0 Å². The van der Waals surface area contributed by atoms with Crippen LogP contribution in [0.4, 0.5) is 0 Å². The highest BCUT2D eigenvalue weighted by Crippen LogP contribution is 2.41. The summed E-state index contributed by atoms with van der Waals surface area (Å²) in [7, 11) is 0. The lowest BCUT2D eigenvalue weighted by Gasteiger charge is -2.28. The van der Waals surface area contributed by atoms with Gasteiger partial charge in [-0.3, -0.25) is 4.90 Å². The molecular weight excluding hydrogens is 292 g/mol. The van der Waals surface area contributed by atoms with Crippen molar-refractivity contribution in [3.8, 4) is 0 Å². The number of benzene rings is 1. The number of aromatic nitrogens is 1. The summed E-state index contributed by atoms with van der Waals surface area (Å²) in [6.45, 7) is 6.09. The highest BCUT2D eigenvalue weighted by atomic mass is 32.1. The molecule has 3 rings (SSSR count). The molecule has 1 aromatic carbocycles. The van der Waals surface area contributed by atoms with Gasteiger partial charge in [0, 0.05) is 36.6 Å². The number of hydrogen-bond acceptors (Lipinski definition) is 4. The maximum atomic E-state index is 10.2. The Kier molecular flexibility index (Phi) is 4.62. The minimum atomic E-state index is -0.696. The molecule has 1 N–H and O–H groups in total.